The number of esters is 1. The maximum Gasteiger partial charge on any atom is 0.343 e. The fourth-order valence-electron chi connectivity index (χ4n) is 4.96. The molecule has 1 heterocycles. The second kappa shape index (κ2) is 13.8. The van der Waals surface area contributed by atoms with E-state index in [-0.39, 0.29) is 17.1 Å². The van der Waals surface area contributed by atoms with Gasteiger partial charge in [-0.05, 0) is 59.7 Å². The van der Waals surface area contributed by atoms with E-state index in [2.05, 4.69) is 21.6 Å². The number of hydrogen-bond acceptors (Lipinski definition) is 9. The zero-order valence-electron chi connectivity index (χ0n) is 26.3. The van der Waals surface area contributed by atoms with Crippen molar-refractivity contribution in [2.24, 2.45) is 5.10 Å². The zero-order valence-corrected chi connectivity index (χ0v) is 26.3. The number of nitrogens with one attached hydrogen (secondary N) is 2. The number of amides is 1. The van der Waals surface area contributed by atoms with Crippen LogP contribution in [0.4, 0.5) is 5.69 Å². The molecule has 0 saturated heterocycles. The maximum absolute atomic E-state index is 13.4. The zero-order chi connectivity index (χ0) is 32.8. The Morgan fingerprint density at radius 2 is 1.48 bits per heavy atom. The van der Waals surface area contributed by atoms with Crippen LogP contribution in [0, 0.1) is 0 Å². The number of hydrogen-bond donors (Lipinski definition) is 2. The second-order valence-electron chi connectivity index (χ2n) is 10.3. The fraction of sp³-hybridized carbons (Fsp3) is 0.171. The van der Waals surface area contributed by atoms with Crippen molar-refractivity contribution in [3.05, 3.63) is 95.7 Å². The van der Waals surface area contributed by atoms with Gasteiger partial charge in [-0.2, -0.15) is 5.10 Å². The average Bonchev–Trinajstić information content (AvgIpc) is 3.47. The van der Waals surface area contributed by atoms with Crippen molar-refractivity contribution >= 4 is 34.7 Å². The van der Waals surface area contributed by atoms with E-state index in [0.29, 0.717) is 28.5 Å². The van der Waals surface area contributed by atoms with Crippen molar-refractivity contribution in [3.63, 3.8) is 0 Å². The number of benzene rings is 4. The highest BCUT2D eigenvalue weighted by atomic mass is 16.6. The molecule has 0 aliphatic carbocycles. The largest absolute Gasteiger partial charge is 0.493 e. The van der Waals surface area contributed by atoms with Gasteiger partial charge in [-0.15, -0.1) is 0 Å². The van der Waals surface area contributed by atoms with Gasteiger partial charge >= 0.3 is 5.97 Å². The molecule has 0 bridgehead atoms. The number of hydrazone groups is 1. The van der Waals surface area contributed by atoms with Crippen LogP contribution in [0.15, 0.2) is 84.0 Å². The summed E-state index contributed by atoms with van der Waals surface area (Å²) in [6.07, 6.45) is 1.47. The monoisotopic (exact) mass is 622 g/mol. The van der Waals surface area contributed by atoms with Crippen LogP contribution < -0.4 is 34.0 Å². The minimum atomic E-state index is -0.656. The normalized spacial score (nSPS) is 10.9. The minimum Gasteiger partial charge on any atom is -0.493 e. The van der Waals surface area contributed by atoms with Gasteiger partial charge in [0.05, 0.1) is 40.2 Å². The molecule has 236 valence electrons. The Labute approximate surface area is 266 Å². The van der Waals surface area contributed by atoms with Gasteiger partial charge in [0.15, 0.2) is 23.0 Å². The Kier molecular flexibility index (Phi) is 9.41. The van der Waals surface area contributed by atoms with Gasteiger partial charge in [-0.3, -0.25) is 4.79 Å². The van der Waals surface area contributed by atoms with Crippen LogP contribution in [-0.4, -0.2) is 65.6 Å². The van der Waals surface area contributed by atoms with Crippen molar-refractivity contribution in [2.45, 2.75) is 0 Å². The Morgan fingerprint density at radius 1 is 0.783 bits per heavy atom. The lowest BCUT2D eigenvalue weighted by molar-refractivity contribution is 0.0728. The Morgan fingerprint density at radius 3 is 2.11 bits per heavy atom. The highest BCUT2D eigenvalue weighted by molar-refractivity contribution is 6.10. The van der Waals surface area contributed by atoms with Crippen molar-refractivity contribution in [2.75, 3.05) is 47.4 Å². The maximum atomic E-state index is 13.4. The molecule has 5 rings (SSSR count). The number of methoxy groups -OCH3 is 4. The summed E-state index contributed by atoms with van der Waals surface area (Å²) in [7, 11) is 9.80. The Hall–Kier alpha value is -5.97. The minimum absolute atomic E-state index is 0.185. The molecule has 1 aromatic heterocycles. The summed E-state index contributed by atoms with van der Waals surface area (Å²) in [5, 5.41) is 5.11. The first-order valence-electron chi connectivity index (χ1n) is 14.2. The van der Waals surface area contributed by atoms with E-state index >= 15 is 0 Å². The first-order valence-corrected chi connectivity index (χ1v) is 14.2. The van der Waals surface area contributed by atoms with Gasteiger partial charge in [0.1, 0.15) is 5.69 Å². The van der Waals surface area contributed by atoms with Gasteiger partial charge in [0, 0.05) is 36.2 Å². The van der Waals surface area contributed by atoms with E-state index < -0.39 is 11.9 Å². The quantitative estimate of drug-likeness (QED) is 0.0806. The molecule has 0 unspecified atom stereocenters. The standard InChI is InChI=1S/C35H34N4O7/c1-39(2)24-13-14-26-25(19-24)31(22-10-8-7-9-11-22)32(37-26)34(40)38-36-20-21-12-15-27(28(16-21)42-3)46-35(41)23-17-29(43-4)33(45-6)30(18-23)44-5/h7-20,37H,1-6H3,(H,38,40). The molecule has 0 aliphatic rings. The number of aromatic amines is 1. The molecule has 0 fully saturated rings. The molecular weight excluding hydrogens is 588 g/mol. The Balaban J connectivity index is 1.35. The number of aromatic nitrogens is 1. The summed E-state index contributed by atoms with van der Waals surface area (Å²) >= 11 is 0. The SMILES string of the molecule is COc1cc(C=NNC(=O)c2[nH]c3ccc(N(C)C)cc3c2-c2ccccc2)ccc1OC(=O)c1cc(OC)c(OC)c(OC)c1. The molecule has 0 saturated carbocycles. The first-order chi connectivity index (χ1) is 22.3. The lowest BCUT2D eigenvalue weighted by Crippen LogP contribution is -2.18. The molecule has 11 nitrogen and oxygen atoms in total. The van der Waals surface area contributed by atoms with E-state index in [1.165, 1.54) is 46.8 Å². The first kappa shape index (κ1) is 31.5. The fourth-order valence-corrected chi connectivity index (χ4v) is 4.96. The van der Waals surface area contributed by atoms with Crippen LogP contribution in [-0.2, 0) is 0 Å². The van der Waals surface area contributed by atoms with Crippen LogP contribution in [0.1, 0.15) is 26.4 Å². The Bertz CT molecular complexity index is 1890. The molecular formula is C35H34N4O7. The summed E-state index contributed by atoms with van der Waals surface area (Å²) in [6.45, 7) is 0. The van der Waals surface area contributed by atoms with Crippen molar-refractivity contribution in [1.29, 1.82) is 0 Å². The van der Waals surface area contributed by atoms with Gasteiger partial charge in [-0.1, -0.05) is 30.3 Å². The predicted octanol–water partition coefficient (Wildman–Crippen LogP) is 5.92. The van der Waals surface area contributed by atoms with Crippen molar-refractivity contribution < 1.29 is 33.3 Å². The molecule has 0 atom stereocenters. The topological polar surface area (TPSA) is 124 Å². The van der Waals surface area contributed by atoms with Crippen LogP contribution in [0.2, 0.25) is 0 Å². The average molecular weight is 623 g/mol. The molecule has 0 spiro atoms. The summed E-state index contributed by atoms with van der Waals surface area (Å²) in [6, 6.07) is 23.6. The third kappa shape index (κ3) is 6.43. The predicted molar refractivity (Wildman–Crippen MR) is 177 cm³/mol. The number of carbonyl (C=O) groups is 2. The molecule has 2 N–H and O–H groups in total. The van der Waals surface area contributed by atoms with Gasteiger partial charge < -0.3 is 33.6 Å². The molecule has 46 heavy (non-hydrogen) atoms. The summed E-state index contributed by atoms with van der Waals surface area (Å²) in [4.78, 5) is 31.7. The van der Waals surface area contributed by atoms with E-state index in [9.17, 15) is 9.59 Å². The molecule has 11 heteroatoms. The second-order valence-corrected chi connectivity index (χ2v) is 10.3. The van der Waals surface area contributed by atoms with E-state index in [1.54, 1.807) is 18.2 Å². The van der Waals surface area contributed by atoms with Crippen molar-refractivity contribution in [1.82, 2.24) is 10.4 Å². The van der Waals surface area contributed by atoms with E-state index in [0.717, 1.165) is 27.7 Å². The number of carbonyl (C=O) groups excluding carboxylic acids is 2. The third-order valence-corrected chi connectivity index (χ3v) is 7.26. The molecule has 0 radical (unpaired) electrons. The number of fused-ring (bicyclic) bond motifs is 1. The lowest BCUT2D eigenvalue weighted by atomic mass is 10.0. The highest BCUT2D eigenvalue weighted by Gasteiger charge is 2.21. The number of H-pyrrole nitrogens is 1. The van der Waals surface area contributed by atoms with Crippen molar-refractivity contribution in [3.8, 4) is 39.9 Å². The molecule has 5 aromatic rings. The highest BCUT2D eigenvalue weighted by Crippen LogP contribution is 2.39. The lowest BCUT2D eigenvalue weighted by Gasteiger charge is -2.14. The van der Waals surface area contributed by atoms with E-state index in [1.807, 2.05) is 61.5 Å². The summed E-state index contributed by atoms with van der Waals surface area (Å²) in [5.74, 6) is 0.401. The van der Waals surface area contributed by atoms with Crippen LogP contribution in [0.5, 0.6) is 28.7 Å². The van der Waals surface area contributed by atoms with E-state index in [4.69, 9.17) is 23.7 Å². The number of ether oxygens (including phenoxy) is 5. The number of nitrogens with zero attached hydrogens (tertiary/aromatic N) is 2. The van der Waals surface area contributed by atoms with Crippen LogP contribution >= 0.6 is 0 Å². The van der Waals surface area contributed by atoms with Gasteiger partial charge in [0.2, 0.25) is 5.75 Å². The third-order valence-electron chi connectivity index (χ3n) is 7.26. The van der Waals surface area contributed by atoms with Crippen LogP contribution in [0.3, 0.4) is 0 Å². The molecule has 0 aliphatic heterocycles. The molecule has 1 amide bonds. The van der Waals surface area contributed by atoms with Gasteiger partial charge in [0.25, 0.3) is 5.91 Å². The number of anilines is 1. The summed E-state index contributed by atoms with van der Waals surface area (Å²) in [5.41, 5.74) is 7.33. The summed E-state index contributed by atoms with van der Waals surface area (Å²) < 4.78 is 27.1. The van der Waals surface area contributed by atoms with Gasteiger partial charge in [-0.25, -0.2) is 10.2 Å². The van der Waals surface area contributed by atoms with Crippen LogP contribution in [0.25, 0.3) is 22.0 Å². The molecule has 4 aromatic carbocycles. The smallest absolute Gasteiger partial charge is 0.343 e. The number of rotatable bonds is 11.